The zero-order valence-corrected chi connectivity index (χ0v) is 23.5. The van der Waals surface area contributed by atoms with Gasteiger partial charge in [0.2, 0.25) is 5.82 Å². The summed E-state index contributed by atoms with van der Waals surface area (Å²) in [4.78, 5) is 18.3. The van der Waals surface area contributed by atoms with Gasteiger partial charge in [0.1, 0.15) is 18.0 Å². The number of ether oxygens (including phenoxy) is 2. The van der Waals surface area contributed by atoms with E-state index < -0.39 is 0 Å². The first kappa shape index (κ1) is 26.5. The molecule has 6 aromatic rings. The smallest absolute Gasteiger partial charge is 0.282 e. The van der Waals surface area contributed by atoms with Crippen molar-refractivity contribution in [2.75, 3.05) is 6.61 Å². The highest BCUT2D eigenvalue weighted by Gasteiger charge is 2.17. The maximum atomic E-state index is 13.6. The number of para-hydroxylation sites is 1. The molecule has 0 radical (unpaired) electrons. The number of halogens is 2. The van der Waals surface area contributed by atoms with Crippen molar-refractivity contribution in [1.29, 1.82) is 0 Å². The van der Waals surface area contributed by atoms with Gasteiger partial charge in [-0.15, -0.1) is 0 Å². The van der Waals surface area contributed by atoms with Crippen molar-refractivity contribution < 1.29 is 18.3 Å². The maximum Gasteiger partial charge on any atom is 0.282 e. The highest BCUT2D eigenvalue weighted by molar-refractivity contribution is 9.10. The van der Waals surface area contributed by atoms with E-state index in [0.717, 1.165) is 9.86 Å². The number of hydrogen-bond donors (Lipinski definition) is 0. The second-order valence-corrected chi connectivity index (χ2v) is 10.1. The molecular formula is C32H23BrFN3O4. The number of aromatic nitrogens is 2. The fourth-order valence-corrected chi connectivity index (χ4v) is 4.80. The molecule has 0 aliphatic heterocycles. The summed E-state index contributed by atoms with van der Waals surface area (Å²) in [5, 5.41) is 5.83. The van der Waals surface area contributed by atoms with Crippen molar-refractivity contribution in [2.24, 2.45) is 5.10 Å². The lowest BCUT2D eigenvalue weighted by Crippen LogP contribution is -2.20. The van der Waals surface area contributed by atoms with Gasteiger partial charge in [-0.2, -0.15) is 9.78 Å². The third-order valence-electron chi connectivity index (χ3n) is 6.33. The molecule has 0 saturated carbocycles. The molecular weight excluding hydrogens is 589 g/mol. The van der Waals surface area contributed by atoms with Crippen LogP contribution >= 0.6 is 15.9 Å². The van der Waals surface area contributed by atoms with Crippen LogP contribution in [0.1, 0.15) is 18.1 Å². The zero-order valence-electron chi connectivity index (χ0n) is 21.9. The van der Waals surface area contributed by atoms with E-state index in [1.807, 2.05) is 37.3 Å². The minimum absolute atomic E-state index is 0.181. The van der Waals surface area contributed by atoms with Crippen LogP contribution in [0.5, 0.6) is 11.5 Å². The monoisotopic (exact) mass is 611 g/mol. The molecule has 204 valence electrons. The van der Waals surface area contributed by atoms with Crippen LogP contribution in [0.3, 0.4) is 0 Å². The molecule has 0 bridgehead atoms. The second-order valence-electron chi connectivity index (χ2n) is 9.16. The quantitative estimate of drug-likeness (QED) is 0.166. The molecule has 41 heavy (non-hydrogen) atoms. The predicted molar refractivity (Wildman–Crippen MR) is 160 cm³/mol. The van der Waals surface area contributed by atoms with Gasteiger partial charge < -0.3 is 13.9 Å². The molecule has 4 aromatic carbocycles. The van der Waals surface area contributed by atoms with Gasteiger partial charge in [0, 0.05) is 9.86 Å². The lowest BCUT2D eigenvalue weighted by molar-refractivity contribution is 0.269. The number of hydrogen-bond acceptors (Lipinski definition) is 6. The summed E-state index contributed by atoms with van der Waals surface area (Å²) in [6, 6.07) is 26.2. The summed E-state index contributed by atoms with van der Waals surface area (Å²) in [6.07, 6.45) is 1.56. The molecule has 0 amide bonds. The van der Waals surface area contributed by atoms with E-state index in [9.17, 15) is 9.18 Å². The number of fused-ring (bicyclic) bond motifs is 2. The molecule has 6 rings (SSSR count). The van der Waals surface area contributed by atoms with Crippen LogP contribution in [0.25, 0.3) is 33.5 Å². The van der Waals surface area contributed by atoms with Gasteiger partial charge in [-0.05, 0) is 84.8 Å². The number of furan rings is 1. The normalized spacial score (nSPS) is 11.5. The van der Waals surface area contributed by atoms with Crippen LogP contribution in [0.2, 0.25) is 0 Å². The molecule has 0 unspecified atom stereocenters. The van der Waals surface area contributed by atoms with Crippen molar-refractivity contribution in [3.05, 3.63) is 123 Å². The lowest BCUT2D eigenvalue weighted by atomic mass is 10.2. The standard InChI is InChI=1S/C32H23BrFN3O4/c1-2-39-29-15-20(10-12-28(29)40-19-21-6-5-7-24(34)14-21)18-35-37-31(36-26-9-4-3-8-25(26)32(37)38)30-17-22-16-23(33)11-13-27(22)41-30/h3-18H,2,19H2,1H3. The molecule has 2 aromatic heterocycles. The summed E-state index contributed by atoms with van der Waals surface area (Å²) < 4.78 is 33.5. The summed E-state index contributed by atoms with van der Waals surface area (Å²) >= 11 is 3.48. The van der Waals surface area contributed by atoms with Crippen molar-refractivity contribution in [3.63, 3.8) is 0 Å². The van der Waals surface area contributed by atoms with E-state index in [1.54, 1.807) is 54.7 Å². The summed E-state index contributed by atoms with van der Waals surface area (Å²) in [6.45, 7) is 2.47. The van der Waals surface area contributed by atoms with Gasteiger partial charge in [-0.1, -0.05) is 40.2 Å². The van der Waals surface area contributed by atoms with E-state index in [4.69, 9.17) is 18.9 Å². The van der Waals surface area contributed by atoms with Gasteiger partial charge in [0.05, 0.1) is 23.7 Å². The zero-order chi connectivity index (χ0) is 28.3. The van der Waals surface area contributed by atoms with E-state index >= 15 is 0 Å². The molecule has 2 heterocycles. The average Bonchev–Trinajstić information content (AvgIpc) is 3.39. The summed E-state index contributed by atoms with van der Waals surface area (Å²) in [5.74, 6) is 1.37. The molecule has 7 nitrogen and oxygen atoms in total. The summed E-state index contributed by atoms with van der Waals surface area (Å²) in [5.41, 5.74) is 2.25. The molecule has 0 spiro atoms. The molecule has 0 aliphatic carbocycles. The topological polar surface area (TPSA) is 78.9 Å². The summed E-state index contributed by atoms with van der Waals surface area (Å²) in [7, 11) is 0. The Morgan fingerprint density at radius 2 is 1.85 bits per heavy atom. The fourth-order valence-electron chi connectivity index (χ4n) is 4.42. The first-order valence-corrected chi connectivity index (χ1v) is 13.7. The van der Waals surface area contributed by atoms with Crippen molar-refractivity contribution in [1.82, 2.24) is 9.66 Å². The van der Waals surface area contributed by atoms with E-state index in [0.29, 0.717) is 51.5 Å². The highest BCUT2D eigenvalue weighted by Crippen LogP contribution is 2.31. The van der Waals surface area contributed by atoms with Gasteiger partial charge in [0.25, 0.3) is 5.56 Å². The minimum Gasteiger partial charge on any atom is -0.490 e. The Morgan fingerprint density at radius 3 is 2.71 bits per heavy atom. The first-order chi connectivity index (χ1) is 20.0. The average molecular weight is 612 g/mol. The molecule has 9 heteroatoms. The third-order valence-corrected chi connectivity index (χ3v) is 6.82. The minimum atomic E-state index is -0.330. The van der Waals surface area contributed by atoms with Crippen LogP contribution in [-0.4, -0.2) is 22.5 Å². The fraction of sp³-hybridized carbons (Fsp3) is 0.0938. The Bertz CT molecular complexity index is 1980. The lowest BCUT2D eigenvalue weighted by Gasteiger charge is -2.13. The van der Waals surface area contributed by atoms with Crippen LogP contribution < -0.4 is 15.0 Å². The van der Waals surface area contributed by atoms with Gasteiger partial charge in [0.15, 0.2) is 17.3 Å². The van der Waals surface area contributed by atoms with E-state index in [-0.39, 0.29) is 23.8 Å². The Hall–Kier alpha value is -4.76. The highest BCUT2D eigenvalue weighted by atomic mass is 79.9. The SMILES string of the molecule is CCOc1cc(C=Nn2c(-c3cc4cc(Br)ccc4o3)nc3ccccc3c2=O)ccc1OCc1cccc(F)c1. The number of nitrogens with zero attached hydrogens (tertiary/aromatic N) is 3. The van der Waals surface area contributed by atoms with Crippen LogP contribution in [-0.2, 0) is 6.61 Å². The van der Waals surface area contributed by atoms with Crippen LogP contribution in [0.15, 0.2) is 110 Å². The Morgan fingerprint density at radius 1 is 0.976 bits per heavy atom. The van der Waals surface area contributed by atoms with Gasteiger partial charge in [-0.25, -0.2) is 9.37 Å². The maximum absolute atomic E-state index is 13.6. The van der Waals surface area contributed by atoms with Crippen molar-refractivity contribution >= 4 is 44.0 Å². The molecule has 0 saturated heterocycles. The van der Waals surface area contributed by atoms with E-state index in [2.05, 4.69) is 21.0 Å². The first-order valence-electron chi connectivity index (χ1n) is 12.9. The molecule has 0 fully saturated rings. The second kappa shape index (κ2) is 11.4. The Kier molecular flexibility index (Phi) is 7.35. The molecule has 0 atom stereocenters. The molecule has 0 aliphatic rings. The Labute approximate surface area is 242 Å². The van der Waals surface area contributed by atoms with Crippen LogP contribution in [0.4, 0.5) is 4.39 Å². The van der Waals surface area contributed by atoms with E-state index in [1.165, 1.54) is 16.8 Å². The van der Waals surface area contributed by atoms with Crippen molar-refractivity contribution in [2.45, 2.75) is 13.5 Å². The van der Waals surface area contributed by atoms with Crippen molar-refractivity contribution in [3.8, 4) is 23.1 Å². The molecule has 0 N–H and O–H groups in total. The Balaban J connectivity index is 1.38. The number of rotatable bonds is 8. The largest absolute Gasteiger partial charge is 0.490 e. The third kappa shape index (κ3) is 5.62. The van der Waals surface area contributed by atoms with Gasteiger partial charge >= 0.3 is 0 Å². The van der Waals surface area contributed by atoms with Crippen LogP contribution in [0, 0.1) is 5.82 Å². The predicted octanol–water partition coefficient (Wildman–Crippen LogP) is 7.57. The number of benzene rings is 4. The van der Waals surface area contributed by atoms with Gasteiger partial charge in [-0.3, -0.25) is 4.79 Å².